The Morgan fingerprint density at radius 3 is 2.59 bits per heavy atom. The van der Waals surface area contributed by atoms with Crippen LogP contribution in [0.4, 0.5) is 26.1 Å². The molecule has 0 unspecified atom stereocenters. The molecule has 1 amide bonds. The van der Waals surface area contributed by atoms with E-state index in [4.69, 9.17) is 0 Å². The van der Waals surface area contributed by atoms with E-state index in [1.807, 2.05) is 0 Å². The number of aliphatic hydroxyl groups excluding tert-OH is 1. The molecule has 0 aliphatic heterocycles. The Morgan fingerprint density at radius 2 is 1.87 bits per heavy atom. The Hall–Kier alpha value is -3.72. The van der Waals surface area contributed by atoms with Gasteiger partial charge in [-0.1, -0.05) is 0 Å². The fourth-order valence-electron chi connectivity index (χ4n) is 4.31. The summed E-state index contributed by atoms with van der Waals surface area (Å²) in [5.74, 6) is 0.247. The monoisotopic (exact) mass is 562 g/mol. The maximum absolute atomic E-state index is 12.7. The number of anilines is 3. The third-order valence-corrected chi connectivity index (χ3v) is 8.59. The number of rotatable bonds is 10. The molecule has 39 heavy (non-hydrogen) atoms. The average Bonchev–Trinajstić information content (AvgIpc) is 3.66. The van der Waals surface area contributed by atoms with Gasteiger partial charge in [0.1, 0.15) is 11.6 Å². The maximum atomic E-state index is 12.7. The number of nitrogens with zero attached hydrogens (tertiary/aromatic N) is 5. The smallest absolute Gasteiger partial charge is 0.256 e. The first-order valence-electron chi connectivity index (χ1n) is 12.6. The molecule has 0 aromatic carbocycles. The van der Waals surface area contributed by atoms with E-state index >= 15 is 0 Å². The summed E-state index contributed by atoms with van der Waals surface area (Å²) >= 11 is 0. The van der Waals surface area contributed by atoms with Gasteiger partial charge >= 0.3 is 0 Å². The van der Waals surface area contributed by atoms with Crippen molar-refractivity contribution < 1.29 is 27.1 Å². The lowest BCUT2D eigenvalue weighted by atomic mass is 9.93. The summed E-state index contributed by atoms with van der Waals surface area (Å²) in [5.41, 5.74) is 0.935. The highest BCUT2D eigenvalue weighted by Gasteiger charge is 2.37. The van der Waals surface area contributed by atoms with Gasteiger partial charge in [0.05, 0.1) is 47.1 Å². The normalized spacial score (nSPS) is 19.6. The first-order chi connectivity index (χ1) is 18.7. The first-order valence-corrected chi connectivity index (χ1v) is 14.1. The van der Waals surface area contributed by atoms with Crippen LogP contribution in [0.1, 0.15) is 48.9 Å². The number of amides is 1. The molecule has 0 spiro atoms. The fraction of sp³-hybridized carbons (Fsp3) is 0.458. The number of nitrogens with one attached hydrogen (secondary N) is 3. The van der Waals surface area contributed by atoms with Gasteiger partial charge < -0.3 is 21.1 Å². The number of halogens is 2. The Kier molecular flexibility index (Phi) is 7.70. The summed E-state index contributed by atoms with van der Waals surface area (Å²) in [7, 11) is -3.52. The van der Waals surface area contributed by atoms with Crippen LogP contribution in [0.2, 0.25) is 0 Å². The topological polar surface area (TPSA) is 164 Å². The van der Waals surface area contributed by atoms with Crippen LogP contribution in [0.15, 0.2) is 36.9 Å². The highest BCUT2D eigenvalue weighted by molar-refractivity contribution is 7.90. The zero-order chi connectivity index (χ0) is 27.6. The van der Waals surface area contributed by atoms with Crippen molar-refractivity contribution in [2.45, 2.75) is 62.3 Å². The van der Waals surface area contributed by atoms with Crippen molar-refractivity contribution in [3.63, 3.8) is 0 Å². The van der Waals surface area contributed by atoms with Gasteiger partial charge in [-0.15, -0.1) is 0 Å². The van der Waals surface area contributed by atoms with Crippen molar-refractivity contribution >= 4 is 33.3 Å². The molecule has 5 rings (SSSR count). The Balaban J connectivity index is 1.36. The van der Waals surface area contributed by atoms with Crippen LogP contribution in [0.5, 0.6) is 0 Å². The molecule has 4 N–H and O–H groups in total. The highest BCUT2D eigenvalue weighted by atomic mass is 32.2. The molecular weight excluding hydrogens is 534 g/mol. The second-order valence-corrected chi connectivity index (χ2v) is 11.7. The van der Waals surface area contributed by atoms with Crippen LogP contribution >= 0.6 is 0 Å². The standard InChI is InChI=1S/C24H28F2N8O4S/c25-20(26)12-29-24(36)18-11-28-22(9-19(18)31-15-1-3-16(35)4-2-15)32-21-7-8-27-23(33-21)14-10-30-34(13-14)39(37,38)17-5-6-17/h7-11,13,15-17,20,35H,1-6,12H2,(H,29,36)(H2,27,28,31,32,33). The van der Waals surface area contributed by atoms with E-state index in [9.17, 15) is 27.1 Å². The molecule has 15 heteroatoms. The van der Waals surface area contributed by atoms with Gasteiger partial charge in [-0.25, -0.2) is 32.2 Å². The third-order valence-electron chi connectivity index (χ3n) is 6.56. The van der Waals surface area contributed by atoms with Gasteiger partial charge in [-0.05, 0) is 44.6 Å². The minimum atomic E-state index is -3.52. The van der Waals surface area contributed by atoms with Gasteiger partial charge in [-0.3, -0.25) is 4.79 Å². The van der Waals surface area contributed by atoms with Crippen LogP contribution in [-0.4, -0.2) is 73.9 Å². The number of alkyl halides is 2. The number of carbonyl (C=O) groups excluding carboxylic acids is 1. The predicted octanol–water partition coefficient (Wildman–Crippen LogP) is 2.53. The lowest BCUT2D eigenvalue weighted by Gasteiger charge is -2.28. The zero-order valence-corrected chi connectivity index (χ0v) is 21.6. The number of hydrogen-bond acceptors (Lipinski definition) is 10. The third kappa shape index (κ3) is 6.47. The van der Waals surface area contributed by atoms with E-state index in [1.54, 1.807) is 12.1 Å². The second-order valence-electron chi connectivity index (χ2n) is 9.60. The molecule has 208 valence electrons. The minimum Gasteiger partial charge on any atom is -0.393 e. The van der Waals surface area contributed by atoms with Gasteiger partial charge in [0.2, 0.25) is 0 Å². The molecule has 0 saturated heterocycles. The molecule has 2 aliphatic rings. The lowest BCUT2D eigenvalue weighted by Crippen LogP contribution is -2.32. The number of hydrogen-bond donors (Lipinski definition) is 4. The van der Waals surface area contributed by atoms with Gasteiger partial charge in [-0.2, -0.15) is 9.19 Å². The lowest BCUT2D eigenvalue weighted by molar-refractivity contribution is 0.0892. The highest BCUT2D eigenvalue weighted by Crippen LogP contribution is 2.31. The predicted molar refractivity (Wildman–Crippen MR) is 138 cm³/mol. The molecule has 2 saturated carbocycles. The Morgan fingerprint density at radius 1 is 1.10 bits per heavy atom. The van der Waals surface area contributed by atoms with Crippen molar-refractivity contribution in [2.24, 2.45) is 0 Å². The largest absolute Gasteiger partial charge is 0.393 e. The van der Waals surface area contributed by atoms with E-state index in [1.165, 1.54) is 24.8 Å². The number of aliphatic hydroxyl groups is 1. The molecule has 12 nitrogen and oxygen atoms in total. The summed E-state index contributed by atoms with van der Waals surface area (Å²) in [5, 5.41) is 21.9. The van der Waals surface area contributed by atoms with Crippen LogP contribution < -0.4 is 16.0 Å². The molecule has 3 aromatic rings. The summed E-state index contributed by atoms with van der Waals surface area (Å²) in [6.07, 6.45) is 6.33. The zero-order valence-electron chi connectivity index (χ0n) is 20.8. The van der Waals surface area contributed by atoms with Gasteiger partial charge in [0, 0.05) is 24.5 Å². The summed E-state index contributed by atoms with van der Waals surface area (Å²) in [6.45, 7) is -0.782. The molecule has 3 aromatic heterocycles. The van der Waals surface area contributed by atoms with Gasteiger partial charge in [0.25, 0.3) is 22.4 Å². The minimum absolute atomic E-state index is 0.0144. The van der Waals surface area contributed by atoms with Gasteiger partial charge in [0.15, 0.2) is 5.82 Å². The quantitative estimate of drug-likeness (QED) is 0.289. The average molecular weight is 563 g/mol. The Labute approximate surface area is 223 Å². The molecule has 3 heterocycles. The number of aromatic nitrogens is 5. The molecule has 0 radical (unpaired) electrons. The van der Waals surface area contributed by atoms with E-state index < -0.39 is 34.2 Å². The van der Waals surface area contributed by atoms with Crippen molar-refractivity contribution in [1.29, 1.82) is 0 Å². The van der Waals surface area contributed by atoms with Crippen molar-refractivity contribution in [2.75, 3.05) is 17.2 Å². The Bertz CT molecular complexity index is 1440. The van der Waals surface area contributed by atoms with E-state index in [-0.39, 0.29) is 23.5 Å². The summed E-state index contributed by atoms with van der Waals surface area (Å²) in [6, 6.07) is 3.17. The summed E-state index contributed by atoms with van der Waals surface area (Å²) < 4.78 is 51.1. The molecule has 0 bridgehead atoms. The van der Waals surface area contributed by atoms with Crippen LogP contribution in [0.3, 0.4) is 0 Å². The molecule has 2 aliphatic carbocycles. The SMILES string of the molecule is O=C(NCC(F)F)c1cnc(Nc2ccnc(-c3cnn(S(=O)(=O)C4CC4)c3)n2)cc1NC1CCC(O)CC1. The molecular formula is C24H28F2N8O4S. The molecule has 2 fully saturated rings. The van der Waals surface area contributed by atoms with E-state index in [0.717, 1.165) is 4.09 Å². The van der Waals surface area contributed by atoms with Crippen LogP contribution in [-0.2, 0) is 10.0 Å². The second kappa shape index (κ2) is 11.2. The summed E-state index contributed by atoms with van der Waals surface area (Å²) in [4.78, 5) is 25.5. The first kappa shape index (κ1) is 26.9. The van der Waals surface area contributed by atoms with Crippen LogP contribution in [0.25, 0.3) is 11.4 Å². The van der Waals surface area contributed by atoms with E-state index in [2.05, 4.69) is 36.0 Å². The number of pyridine rings is 1. The van der Waals surface area contributed by atoms with E-state index in [0.29, 0.717) is 61.4 Å². The maximum Gasteiger partial charge on any atom is 0.256 e. The van der Waals surface area contributed by atoms with Crippen molar-refractivity contribution in [3.8, 4) is 11.4 Å². The van der Waals surface area contributed by atoms with Crippen molar-refractivity contribution in [3.05, 3.63) is 42.5 Å². The number of carbonyl (C=O) groups is 1. The fourth-order valence-corrected chi connectivity index (χ4v) is 5.78. The molecule has 0 atom stereocenters. The van der Waals surface area contributed by atoms with Crippen molar-refractivity contribution in [1.82, 2.24) is 29.5 Å². The van der Waals surface area contributed by atoms with Crippen LogP contribution in [0, 0.1) is 0 Å².